The van der Waals surface area contributed by atoms with Gasteiger partial charge in [0.1, 0.15) is 0 Å². The minimum atomic E-state index is -0.333. The van der Waals surface area contributed by atoms with Gasteiger partial charge < -0.3 is 19.7 Å². The molecular formula is C20H32O4. The van der Waals surface area contributed by atoms with E-state index in [1.807, 2.05) is 0 Å². The van der Waals surface area contributed by atoms with Gasteiger partial charge in [-0.3, -0.25) is 0 Å². The molecule has 136 valence electrons. The first-order valence-corrected chi connectivity index (χ1v) is 10.2. The normalized spacial score (nSPS) is 55.9. The number of aliphatic hydroxyl groups excluding tert-OH is 2. The monoisotopic (exact) mass is 336 g/mol. The Bertz CT molecular complexity index is 502. The van der Waals surface area contributed by atoms with Gasteiger partial charge in [0.25, 0.3) is 0 Å². The van der Waals surface area contributed by atoms with Gasteiger partial charge in [0.15, 0.2) is 5.79 Å². The molecule has 0 radical (unpaired) electrons. The summed E-state index contributed by atoms with van der Waals surface area (Å²) in [5, 5.41) is 21.6. The van der Waals surface area contributed by atoms with Crippen LogP contribution in [0.15, 0.2) is 0 Å². The smallest absolute Gasteiger partial charge is 0.168 e. The molecule has 1 aliphatic heterocycles. The molecule has 2 N–H and O–H groups in total. The van der Waals surface area contributed by atoms with Crippen LogP contribution < -0.4 is 0 Å². The molecular weight excluding hydrogens is 304 g/mol. The van der Waals surface area contributed by atoms with Crippen LogP contribution in [0.3, 0.4) is 0 Å². The Morgan fingerprint density at radius 3 is 2.46 bits per heavy atom. The van der Waals surface area contributed by atoms with Gasteiger partial charge in [-0.15, -0.1) is 0 Å². The average molecular weight is 336 g/mol. The fraction of sp³-hybridized carbons (Fsp3) is 1.00. The maximum absolute atomic E-state index is 11.1. The lowest BCUT2D eigenvalue weighted by atomic mass is 9.49. The van der Waals surface area contributed by atoms with E-state index in [0.29, 0.717) is 23.7 Å². The summed E-state index contributed by atoms with van der Waals surface area (Å²) >= 11 is 0. The molecule has 4 heteroatoms. The Kier molecular flexibility index (Phi) is 3.62. The van der Waals surface area contributed by atoms with E-state index in [1.54, 1.807) is 0 Å². The molecule has 0 amide bonds. The van der Waals surface area contributed by atoms with Crippen LogP contribution in [0.5, 0.6) is 0 Å². The molecule has 5 fully saturated rings. The zero-order valence-electron chi connectivity index (χ0n) is 14.8. The lowest BCUT2D eigenvalue weighted by Crippen LogP contribution is -2.56. The van der Waals surface area contributed by atoms with E-state index in [9.17, 15) is 10.2 Å². The minimum absolute atomic E-state index is 0.0442. The number of fused-ring (bicyclic) bond motifs is 5. The van der Waals surface area contributed by atoms with Crippen LogP contribution in [0.1, 0.15) is 58.3 Å². The van der Waals surface area contributed by atoms with Crippen LogP contribution in [0, 0.1) is 35.0 Å². The molecule has 0 aromatic rings. The summed E-state index contributed by atoms with van der Waals surface area (Å²) in [5.74, 6) is 2.49. The van der Waals surface area contributed by atoms with E-state index in [-0.39, 0.29) is 23.4 Å². The Hall–Kier alpha value is -0.160. The van der Waals surface area contributed by atoms with Crippen LogP contribution in [0.25, 0.3) is 0 Å². The summed E-state index contributed by atoms with van der Waals surface area (Å²) in [4.78, 5) is 0. The van der Waals surface area contributed by atoms with Crippen molar-refractivity contribution in [3.05, 3.63) is 0 Å². The van der Waals surface area contributed by atoms with Gasteiger partial charge in [-0.05, 0) is 73.5 Å². The molecule has 5 aliphatic rings. The van der Waals surface area contributed by atoms with Crippen LogP contribution >= 0.6 is 0 Å². The van der Waals surface area contributed by atoms with Crippen molar-refractivity contribution in [2.24, 2.45) is 35.0 Å². The van der Waals surface area contributed by atoms with E-state index in [1.165, 1.54) is 12.8 Å². The lowest BCUT2D eigenvalue weighted by molar-refractivity contribution is -0.220. The number of ether oxygens (including phenoxy) is 2. The average Bonchev–Trinajstić information content (AvgIpc) is 3.12. The SMILES string of the molecule is C[C@]12CC[C@@H]3[C@H]4CCC5(C[C@@H]4C[C@H](O)[C@H]3[C@@H]1CC[C@@H]2O)OCCO5. The first-order chi connectivity index (χ1) is 11.5. The summed E-state index contributed by atoms with van der Waals surface area (Å²) in [6.07, 6.45) is 8.06. The summed E-state index contributed by atoms with van der Waals surface area (Å²) in [6.45, 7) is 3.73. The Balaban J connectivity index is 1.40. The molecule has 4 saturated carbocycles. The molecule has 0 aromatic heterocycles. The van der Waals surface area contributed by atoms with Crippen molar-refractivity contribution >= 4 is 0 Å². The molecule has 8 atom stereocenters. The van der Waals surface area contributed by atoms with Crippen molar-refractivity contribution < 1.29 is 19.7 Å². The van der Waals surface area contributed by atoms with Crippen LogP contribution in [0.2, 0.25) is 0 Å². The topological polar surface area (TPSA) is 58.9 Å². The van der Waals surface area contributed by atoms with Gasteiger partial charge in [-0.1, -0.05) is 6.92 Å². The molecule has 1 spiro atoms. The third-order valence-corrected chi connectivity index (χ3v) is 8.72. The van der Waals surface area contributed by atoms with E-state index < -0.39 is 0 Å². The molecule has 5 rings (SSSR count). The van der Waals surface area contributed by atoms with Gasteiger partial charge in [-0.25, -0.2) is 0 Å². The largest absolute Gasteiger partial charge is 0.393 e. The quantitative estimate of drug-likeness (QED) is 0.714. The van der Waals surface area contributed by atoms with Gasteiger partial charge in [-0.2, -0.15) is 0 Å². The predicted molar refractivity (Wildman–Crippen MR) is 89.1 cm³/mol. The van der Waals surface area contributed by atoms with Crippen LogP contribution in [-0.2, 0) is 9.47 Å². The summed E-state index contributed by atoms with van der Waals surface area (Å²) in [7, 11) is 0. The Morgan fingerprint density at radius 2 is 1.67 bits per heavy atom. The highest BCUT2D eigenvalue weighted by molar-refractivity contribution is 5.09. The van der Waals surface area contributed by atoms with Gasteiger partial charge >= 0.3 is 0 Å². The van der Waals surface area contributed by atoms with E-state index >= 15 is 0 Å². The predicted octanol–water partition coefficient (Wildman–Crippen LogP) is 2.71. The molecule has 0 aromatic carbocycles. The third kappa shape index (κ3) is 2.12. The first-order valence-electron chi connectivity index (χ1n) is 10.2. The highest BCUT2D eigenvalue weighted by Gasteiger charge is 2.60. The standard InChI is InChI=1S/C20H32O4/c1-19-6-4-14-13-5-7-20(23-8-9-24-20)11-12(13)10-16(21)18(14)15(19)2-3-17(19)22/h12-18,21-22H,2-11H2,1H3/t12-,13-,14+,15-,16-,17-,18+,19-/m0/s1. The second-order valence-electron chi connectivity index (χ2n) is 9.56. The fourth-order valence-corrected chi connectivity index (χ4v) is 7.57. The fourth-order valence-electron chi connectivity index (χ4n) is 7.57. The highest BCUT2D eigenvalue weighted by atomic mass is 16.7. The Morgan fingerprint density at radius 1 is 0.917 bits per heavy atom. The van der Waals surface area contributed by atoms with Gasteiger partial charge in [0, 0.05) is 12.8 Å². The molecule has 0 bridgehead atoms. The minimum Gasteiger partial charge on any atom is -0.393 e. The highest BCUT2D eigenvalue weighted by Crippen LogP contribution is 2.63. The molecule has 4 aliphatic carbocycles. The zero-order valence-corrected chi connectivity index (χ0v) is 14.8. The van der Waals surface area contributed by atoms with Crippen molar-refractivity contribution in [2.75, 3.05) is 13.2 Å². The molecule has 24 heavy (non-hydrogen) atoms. The number of hydrogen-bond donors (Lipinski definition) is 2. The number of aliphatic hydroxyl groups is 2. The van der Waals surface area contributed by atoms with Crippen molar-refractivity contribution in [3.8, 4) is 0 Å². The van der Waals surface area contributed by atoms with Gasteiger partial charge in [0.05, 0.1) is 25.4 Å². The summed E-state index contributed by atoms with van der Waals surface area (Å²) in [5.41, 5.74) is 0.0442. The third-order valence-electron chi connectivity index (χ3n) is 8.72. The van der Waals surface area contributed by atoms with Crippen molar-refractivity contribution in [2.45, 2.75) is 76.3 Å². The molecule has 0 unspecified atom stereocenters. The molecule has 1 heterocycles. The summed E-state index contributed by atoms with van der Waals surface area (Å²) in [6, 6.07) is 0. The zero-order chi connectivity index (χ0) is 16.5. The second kappa shape index (κ2) is 5.42. The number of rotatable bonds is 0. The van der Waals surface area contributed by atoms with Crippen molar-refractivity contribution in [1.82, 2.24) is 0 Å². The maximum atomic E-state index is 11.1. The Labute approximate surface area is 144 Å². The molecule has 4 nitrogen and oxygen atoms in total. The van der Waals surface area contributed by atoms with Crippen LogP contribution in [-0.4, -0.2) is 41.4 Å². The number of hydrogen-bond acceptors (Lipinski definition) is 4. The van der Waals surface area contributed by atoms with E-state index in [2.05, 4.69) is 6.92 Å². The van der Waals surface area contributed by atoms with E-state index in [4.69, 9.17) is 9.47 Å². The van der Waals surface area contributed by atoms with Crippen molar-refractivity contribution in [3.63, 3.8) is 0 Å². The molecule has 1 saturated heterocycles. The first kappa shape index (κ1) is 16.0. The van der Waals surface area contributed by atoms with Gasteiger partial charge in [0.2, 0.25) is 0 Å². The van der Waals surface area contributed by atoms with Crippen LogP contribution in [0.4, 0.5) is 0 Å². The maximum Gasteiger partial charge on any atom is 0.168 e. The van der Waals surface area contributed by atoms with Crippen molar-refractivity contribution in [1.29, 1.82) is 0 Å². The lowest BCUT2D eigenvalue weighted by Gasteiger charge is -2.58. The summed E-state index contributed by atoms with van der Waals surface area (Å²) < 4.78 is 11.9. The van der Waals surface area contributed by atoms with E-state index in [0.717, 1.165) is 57.7 Å². The second-order valence-corrected chi connectivity index (χ2v) is 9.56.